The van der Waals surface area contributed by atoms with Crippen molar-refractivity contribution in [3.05, 3.63) is 54.6 Å². The van der Waals surface area contributed by atoms with Crippen LogP contribution in [0.5, 0.6) is 11.5 Å². The first-order chi connectivity index (χ1) is 10.7. The van der Waals surface area contributed by atoms with Gasteiger partial charge in [-0.25, -0.2) is 0 Å². The highest BCUT2D eigenvalue weighted by atomic mass is 16.5. The fraction of sp³-hybridized carbons (Fsp3) is 0.278. The van der Waals surface area contributed by atoms with Crippen LogP contribution in [0.3, 0.4) is 0 Å². The number of ether oxygens (including phenoxy) is 2. The number of para-hydroxylation sites is 3. The summed E-state index contributed by atoms with van der Waals surface area (Å²) < 4.78 is 11.1. The first-order valence-corrected chi connectivity index (χ1v) is 7.29. The van der Waals surface area contributed by atoms with Crippen LogP contribution in [-0.4, -0.2) is 26.2 Å². The van der Waals surface area contributed by atoms with Crippen molar-refractivity contribution < 1.29 is 14.3 Å². The normalized spacial score (nSPS) is 11.6. The number of benzene rings is 2. The minimum Gasteiger partial charge on any atom is -0.493 e. The fourth-order valence-electron chi connectivity index (χ4n) is 2.17. The molecule has 1 unspecified atom stereocenters. The van der Waals surface area contributed by atoms with Crippen LogP contribution in [0, 0.1) is 0 Å². The Bertz CT molecular complexity index is 613. The largest absolute Gasteiger partial charge is 0.493 e. The van der Waals surface area contributed by atoms with Gasteiger partial charge in [0.2, 0.25) is 0 Å². The van der Waals surface area contributed by atoms with Crippen molar-refractivity contribution in [1.29, 1.82) is 0 Å². The Hall–Kier alpha value is -2.49. The predicted octanol–water partition coefficient (Wildman–Crippen LogP) is 3.52. The van der Waals surface area contributed by atoms with E-state index in [2.05, 4.69) is 0 Å². The second kappa shape index (κ2) is 7.50. The van der Waals surface area contributed by atoms with Crippen molar-refractivity contribution in [2.75, 3.05) is 19.1 Å². The molecule has 1 atom stereocenters. The topological polar surface area (TPSA) is 38.8 Å². The number of methoxy groups -OCH3 is 1. The van der Waals surface area contributed by atoms with Gasteiger partial charge in [-0.05, 0) is 30.7 Å². The maximum Gasteiger partial charge on any atom is 0.267 e. The van der Waals surface area contributed by atoms with Crippen molar-refractivity contribution in [2.24, 2.45) is 0 Å². The zero-order valence-corrected chi connectivity index (χ0v) is 13.2. The Kier molecular flexibility index (Phi) is 5.42. The van der Waals surface area contributed by atoms with E-state index in [4.69, 9.17) is 9.47 Å². The number of amides is 1. The van der Waals surface area contributed by atoms with E-state index in [1.54, 1.807) is 25.1 Å². The van der Waals surface area contributed by atoms with Gasteiger partial charge < -0.3 is 14.4 Å². The molecule has 0 aliphatic rings. The summed E-state index contributed by atoms with van der Waals surface area (Å²) >= 11 is 0. The smallest absolute Gasteiger partial charge is 0.267 e. The molecule has 0 fully saturated rings. The van der Waals surface area contributed by atoms with E-state index in [1.165, 1.54) is 0 Å². The number of likely N-dealkylation sites (N-methyl/N-ethyl adjacent to an activating group) is 1. The summed E-state index contributed by atoms with van der Waals surface area (Å²) in [5, 5.41) is 0. The van der Waals surface area contributed by atoms with Gasteiger partial charge in [0.1, 0.15) is 0 Å². The van der Waals surface area contributed by atoms with E-state index >= 15 is 0 Å². The Morgan fingerprint density at radius 1 is 1.05 bits per heavy atom. The number of nitrogens with zero attached hydrogens (tertiary/aromatic N) is 1. The molecular weight excluding hydrogens is 278 g/mol. The molecule has 0 saturated heterocycles. The number of carbonyl (C=O) groups excluding carboxylic acids is 1. The lowest BCUT2D eigenvalue weighted by Crippen LogP contribution is -2.39. The highest BCUT2D eigenvalue weighted by Crippen LogP contribution is 2.28. The molecule has 0 heterocycles. The first-order valence-electron chi connectivity index (χ1n) is 7.29. The highest BCUT2D eigenvalue weighted by molar-refractivity contribution is 5.96. The summed E-state index contributed by atoms with van der Waals surface area (Å²) in [7, 11) is 3.34. The van der Waals surface area contributed by atoms with Gasteiger partial charge in [0.05, 0.1) is 7.11 Å². The van der Waals surface area contributed by atoms with Crippen LogP contribution in [0.1, 0.15) is 13.3 Å². The quantitative estimate of drug-likeness (QED) is 0.819. The molecule has 116 valence electrons. The summed E-state index contributed by atoms with van der Waals surface area (Å²) in [5.41, 5.74) is 0.842. The third kappa shape index (κ3) is 3.58. The Balaban J connectivity index is 2.16. The van der Waals surface area contributed by atoms with Gasteiger partial charge in [-0.2, -0.15) is 0 Å². The molecule has 4 nitrogen and oxygen atoms in total. The number of hydrogen-bond donors (Lipinski definition) is 0. The summed E-state index contributed by atoms with van der Waals surface area (Å²) in [6, 6.07) is 16.9. The third-order valence-corrected chi connectivity index (χ3v) is 3.46. The highest BCUT2D eigenvalue weighted by Gasteiger charge is 2.24. The lowest BCUT2D eigenvalue weighted by atomic mass is 10.2. The SMILES string of the molecule is CCC(Oc1ccccc1OC)C(=O)N(C)c1ccccc1. The predicted molar refractivity (Wildman–Crippen MR) is 87.6 cm³/mol. The second-order valence-corrected chi connectivity index (χ2v) is 4.90. The molecule has 0 bridgehead atoms. The van der Waals surface area contributed by atoms with E-state index in [0.717, 1.165) is 5.69 Å². The monoisotopic (exact) mass is 299 g/mol. The minimum absolute atomic E-state index is 0.0837. The lowest BCUT2D eigenvalue weighted by Gasteiger charge is -2.24. The van der Waals surface area contributed by atoms with Crippen molar-refractivity contribution in [2.45, 2.75) is 19.4 Å². The van der Waals surface area contributed by atoms with Crippen LogP contribution >= 0.6 is 0 Å². The second-order valence-electron chi connectivity index (χ2n) is 4.90. The molecule has 0 aromatic heterocycles. The van der Waals surface area contributed by atoms with Gasteiger partial charge in [0, 0.05) is 12.7 Å². The van der Waals surface area contributed by atoms with Gasteiger partial charge in [0.25, 0.3) is 5.91 Å². The van der Waals surface area contributed by atoms with Crippen molar-refractivity contribution in [3.63, 3.8) is 0 Å². The van der Waals surface area contributed by atoms with Gasteiger partial charge in [-0.3, -0.25) is 4.79 Å². The molecule has 4 heteroatoms. The van der Waals surface area contributed by atoms with Crippen molar-refractivity contribution >= 4 is 11.6 Å². The van der Waals surface area contributed by atoms with Crippen molar-refractivity contribution in [3.8, 4) is 11.5 Å². The van der Waals surface area contributed by atoms with Crippen LogP contribution in [0.4, 0.5) is 5.69 Å². The number of anilines is 1. The molecule has 0 aliphatic heterocycles. The van der Waals surface area contributed by atoms with Crippen LogP contribution < -0.4 is 14.4 Å². The zero-order valence-electron chi connectivity index (χ0n) is 13.2. The molecule has 0 spiro atoms. The molecule has 0 aliphatic carbocycles. The number of rotatable bonds is 6. The molecule has 1 amide bonds. The van der Waals surface area contributed by atoms with E-state index < -0.39 is 6.10 Å². The Morgan fingerprint density at radius 3 is 2.23 bits per heavy atom. The molecule has 2 aromatic rings. The van der Waals surface area contributed by atoms with Gasteiger partial charge in [-0.15, -0.1) is 0 Å². The molecule has 0 N–H and O–H groups in total. The summed E-state index contributed by atoms with van der Waals surface area (Å²) in [6.07, 6.45) is 0.0233. The third-order valence-electron chi connectivity index (χ3n) is 3.46. The first kappa shape index (κ1) is 15.9. The van der Waals surface area contributed by atoms with E-state index in [1.807, 2.05) is 55.5 Å². The minimum atomic E-state index is -0.554. The van der Waals surface area contributed by atoms with E-state index in [0.29, 0.717) is 17.9 Å². The van der Waals surface area contributed by atoms with Gasteiger partial charge in [-0.1, -0.05) is 37.3 Å². The van der Waals surface area contributed by atoms with E-state index in [9.17, 15) is 4.79 Å². The maximum absolute atomic E-state index is 12.6. The standard InChI is InChI=1S/C18H21NO3/c1-4-15(22-17-13-9-8-12-16(17)21-3)18(20)19(2)14-10-6-5-7-11-14/h5-13,15H,4H2,1-3H3. The van der Waals surface area contributed by atoms with E-state index in [-0.39, 0.29) is 5.91 Å². The van der Waals surface area contributed by atoms with Crippen molar-refractivity contribution in [1.82, 2.24) is 0 Å². The van der Waals surface area contributed by atoms with Gasteiger partial charge >= 0.3 is 0 Å². The van der Waals surface area contributed by atoms with Crippen LogP contribution in [0.15, 0.2) is 54.6 Å². The average Bonchev–Trinajstić information content (AvgIpc) is 2.59. The summed E-state index contributed by atoms with van der Waals surface area (Å²) in [4.78, 5) is 14.3. The average molecular weight is 299 g/mol. The molecular formula is C18H21NO3. The Labute approximate surface area is 131 Å². The Morgan fingerprint density at radius 2 is 1.64 bits per heavy atom. The number of hydrogen-bond acceptors (Lipinski definition) is 3. The molecule has 2 aromatic carbocycles. The van der Waals surface area contributed by atoms with Crippen LogP contribution in [0.2, 0.25) is 0 Å². The molecule has 2 rings (SSSR count). The molecule has 22 heavy (non-hydrogen) atoms. The maximum atomic E-state index is 12.6. The summed E-state index contributed by atoms with van der Waals surface area (Å²) in [6.45, 7) is 1.93. The van der Waals surface area contributed by atoms with Gasteiger partial charge in [0.15, 0.2) is 17.6 Å². The molecule has 0 saturated carbocycles. The lowest BCUT2D eigenvalue weighted by molar-refractivity contribution is -0.125. The van der Waals surface area contributed by atoms with Crippen LogP contribution in [0.25, 0.3) is 0 Å². The molecule has 0 radical (unpaired) electrons. The zero-order chi connectivity index (χ0) is 15.9. The summed E-state index contributed by atoms with van der Waals surface area (Å²) in [5.74, 6) is 1.11. The number of carbonyl (C=O) groups is 1. The fourth-order valence-corrected chi connectivity index (χ4v) is 2.17. The van der Waals surface area contributed by atoms with Crippen LogP contribution in [-0.2, 0) is 4.79 Å².